The van der Waals surface area contributed by atoms with Crippen molar-refractivity contribution in [2.75, 3.05) is 33.9 Å². The largest absolute Gasteiger partial charge is 0.497 e. The highest BCUT2D eigenvalue weighted by molar-refractivity contribution is 5.92. The van der Waals surface area contributed by atoms with E-state index in [0.717, 1.165) is 50.0 Å². The van der Waals surface area contributed by atoms with Crippen molar-refractivity contribution in [3.8, 4) is 5.75 Å². The molecular weight excluding hydrogens is 660 g/mol. The van der Waals surface area contributed by atoms with Gasteiger partial charge in [0.25, 0.3) is 0 Å². The fourth-order valence-electron chi connectivity index (χ4n) is 11.7. The van der Waals surface area contributed by atoms with Crippen LogP contribution in [0, 0.1) is 34.5 Å². The van der Waals surface area contributed by atoms with E-state index in [1.54, 1.807) is 13.2 Å². The van der Waals surface area contributed by atoms with Gasteiger partial charge in [-0.1, -0.05) is 38.5 Å². The Morgan fingerprint density at radius 1 is 1.02 bits per heavy atom. The fourth-order valence-corrected chi connectivity index (χ4v) is 11.7. The molecule has 1 aromatic carbocycles. The van der Waals surface area contributed by atoms with E-state index >= 15 is 0 Å². The van der Waals surface area contributed by atoms with Crippen molar-refractivity contribution in [3.63, 3.8) is 0 Å². The molecule has 6 rings (SSSR count). The predicted octanol–water partition coefficient (Wildman–Crippen LogP) is 4.93. The summed E-state index contributed by atoms with van der Waals surface area (Å²) in [6.07, 6.45) is 6.56. The number of methoxy groups -OCH3 is 1. The zero-order chi connectivity index (χ0) is 37.6. The number of likely N-dealkylation sites (tertiary alicyclic amines) is 1. The number of hydrogen-bond donors (Lipinski definition) is 3. The second-order valence-electron chi connectivity index (χ2n) is 17.4. The Hall–Kier alpha value is -3.08. The first-order valence-electron chi connectivity index (χ1n) is 19.5. The molecule has 286 valence electrons. The third-order valence-electron chi connectivity index (χ3n) is 14.9. The zero-order valence-corrected chi connectivity index (χ0v) is 32.0. The molecule has 10 atom stereocenters. The number of esters is 1. The monoisotopic (exact) mass is 720 g/mol. The van der Waals surface area contributed by atoms with E-state index in [1.165, 1.54) is 5.56 Å². The highest BCUT2D eigenvalue weighted by atomic mass is 16.5. The number of ketones is 2. The molecule has 10 unspecified atom stereocenters. The first kappa shape index (κ1) is 38.6. The summed E-state index contributed by atoms with van der Waals surface area (Å²) in [7, 11) is 3.81. The Kier molecular flexibility index (Phi) is 10.9. The van der Waals surface area contributed by atoms with Crippen molar-refractivity contribution < 1.29 is 38.9 Å². The van der Waals surface area contributed by atoms with E-state index in [0.29, 0.717) is 31.3 Å². The second-order valence-corrected chi connectivity index (χ2v) is 17.4. The van der Waals surface area contributed by atoms with Gasteiger partial charge in [-0.3, -0.25) is 19.2 Å². The number of nitrogens with zero attached hydrogens (tertiary/aromatic N) is 1. The molecule has 0 spiro atoms. The summed E-state index contributed by atoms with van der Waals surface area (Å²) in [5.74, 6) is 0.00885. The third-order valence-corrected chi connectivity index (χ3v) is 14.9. The zero-order valence-electron chi connectivity index (χ0n) is 32.0. The number of ether oxygens (including phenoxy) is 2. The molecule has 5 aliphatic rings. The molecule has 1 aliphatic heterocycles. The summed E-state index contributed by atoms with van der Waals surface area (Å²) in [4.78, 5) is 53.9. The maximum atomic E-state index is 13.7. The van der Waals surface area contributed by atoms with Gasteiger partial charge in [0.1, 0.15) is 11.4 Å². The summed E-state index contributed by atoms with van der Waals surface area (Å²) in [5.41, 5.74) is -0.588. The van der Waals surface area contributed by atoms with E-state index in [1.807, 2.05) is 19.1 Å². The molecule has 1 heterocycles. The summed E-state index contributed by atoms with van der Waals surface area (Å²) >= 11 is 0. The average molecular weight is 721 g/mol. The number of Topliss-reactive ketones (excluding diaryl/α,β-unsaturated/α-hetero) is 1. The Labute approximate surface area is 309 Å². The summed E-state index contributed by atoms with van der Waals surface area (Å²) in [5, 5.41) is 26.6. The lowest BCUT2D eigenvalue weighted by Gasteiger charge is -2.60. The normalized spacial score (nSPS) is 38.7. The number of aliphatic hydroxyl groups excluding tert-OH is 1. The number of carbonyl (C=O) groups is 4. The summed E-state index contributed by atoms with van der Waals surface area (Å²) < 4.78 is 10.8. The average Bonchev–Trinajstić information content (AvgIpc) is 3.38. The van der Waals surface area contributed by atoms with Gasteiger partial charge in [0, 0.05) is 42.8 Å². The second kappa shape index (κ2) is 14.6. The van der Waals surface area contributed by atoms with Crippen LogP contribution in [-0.4, -0.2) is 90.2 Å². The Balaban J connectivity index is 1.01. The van der Waals surface area contributed by atoms with Crippen molar-refractivity contribution in [2.24, 2.45) is 34.5 Å². The summed E-state index contributed by atoms with van der Waals surface area (Å²) in [6.45, 7) is 9.45. The number of benzene rings is 1. The van der Waals surface area contributed by atoms with Crippen LogP contribution in [0.4, 0.5) is 0 Å². The highest BCUT2D eigenvalue weighted by Gasteiger charge is 2.68. The van der Waals surface area contributed by atoms with Crippen LogP contribution in [-0.2, 0) is 29.3 Å². The smallest absolute Gasteiger partial charge is 0.306 e. The van der Waals surface area contributed by atoms with Gasteiger partial charge in [0.15, 0.2) is 12.4 Å². The Morgan fingerprint density at radius 3 is 2.46 bits per heavy atom. The molecule has 0 bridgehead atoms. The number of hydrogen-bond acceptors (Lipinski definition) is 9. The molecule has 0 aromatic heterocycles. The first-order chi connectivity index (χ1) is 24.6. The van der Waals surface area contributed by atoms with Crippen LogP contribution < -0.4 is 10.1 Å². The molecule has 52 heavy (non-hydrogen) atoms. The Morgan fingerprint density at radius 2 is 1.75 bits per heavy atom. The van der Waals surface area contributed by atoms with Gasteiger partial charge < -0.3 is 29.9 Å². The van der Waals surface area contributed by atoms with Crippen LogP contribution in [0.2, 0.25) is 0 Å². The molecule has 10 heteroatoms. The standard InChI is InChI=1S/C42H60N2O8/c1-26-24-44(5)27(2)22-41(26,28-7-10-31(51-6)11-8-28)19-20-43-36(48)13-14-37(49)52-25-35(47)42(50)18-16-33-32-12-9-29-21-30(45)15-17-39(29,3)38(32)34(46)23-40(33,42)4/h7-8,10-11,21,26-27,32-34,38,46,50H,9,12-20,22-25H2,1-6H3,(H,43,48). The number of rotatable bonds is 11. The maximum Gasteiger partial charge on any atom is 0.306 e. The lowest BCUT2D eigenvalue weighted by Crippen LogP contribution is -2.62. The number of allylic oxidation sites excluding steroid dienone is 1. The minimum Gasteiger partial charge on any atom is -0.497 e. The van der Waals surface area contributed by atoms with Crippen LogP contribution >= 0.6 is 0 Å². The molecule has 3 saturated carbocycles. The highest BCUT2D eigenvalue weighted by Crippen LogP contribution is 2.67. The lowest BCUT2D eigenvalue weighted by molar-refractivity contribution is -0.184. The fraction of sp³-hybridized carbons (Fsp3) is 0.714. The SMILES string of the molecule is COc1ccc(C2(CCNC(=O)CCC(=O)OCC(=O)C3(O)CCC4C5CCC6=CC(=O)CCC6(C)C5C(O)CC43C)CC(C)N(C)CC2C)cc1. The topological polar surface area (TPSA) is 142 Å². The number of nitrogens with one attached hydrogen (secondary N) is 1. The quantitative estimate of drug-likeness (QED) is 0.272. The number of carbonyl (C=O) groups excluding carboxylic acids is 4. The van der Waals surface area contributed by atoms with Gasteiger partial charge >= 0.3 is 5.97 Å². The minimum atomic E-state index is -1.72. The first-order valence-corrected chi connectivity index (χ1v) is 19.5. The van der Waals surface area contributed by atoms with Gasteiger partial charge in [-0.15, -0.1) is 0 Å². The summed E-state index contributed by atoms with van der Waals surface area (Å²) in [6, 6.07) is 8.63. The maximum absolute atomic E-state index is 13.7. The van der Waals surface area contributed by atoms with Gasteiger partial charge in [-0.05, 0) is 118 Å². The molecule has 1 saturated heterocycles. The molecule has 4 fully saturated rings. The third kappa shape index (κ3) is 6.66. The van der Waals surface area contributed by atoms with Crippen molar-refractivity contribution in [3.05, 3.63) is 41.5 Å². The molecule has 1 aromatic rings. The van der Waals surface area contributed by atoms with E-state index in [4.69, 9.17) is 9.47 Å². The Bertz CT molecular complexity index is 1580. The van der Waals surface area contributed by atoms with Crippen LogP contribution in [0.25, 0.3) is 0 Å². The van der Waals surface area contributed by atoms with Crippen molar-refractivity contribution >= 4 is 23.4 Å². The van der Waals surface area contributed by atoms with Crippen molar-refractivity contribution in [2.45, 2.75) is 121 Å². The lowest BCUT2D eigenvalue weighted by atomic mass is 9.45. The van der Waals surface area contributed by atoms with Gasteiger partial charge in [-0.2, -0.15) is 0 Å². The molecule has 0 radical (unpaired) electrons. The van der Waals surface area contributed by atoms with Crippen LogP contribution in [0.15, 0.2) is 35.9 Å². The van der Waals surface area contributed by atoms with Crippen LogP contribution in [0.5, 0.6) is 5.75 Å². The molecule has 10 nitrogen and oxygen atoms in total. The molecule has 1 amide bonds. The number of fused-ring (bicyclic) bond motifs is 5. The number of amides is 1. The van der Waals surface area contributed by atoms with E-state index in [2.05, 4.69) is 50.2 Å². The molecular formula is C42H60N2O8. The number of piperidine rings is 1. The molecule has 3 N–H and O–H groups in total. The van der Waals surface area contributed by atoms with E-state index < -0.39 is 35.5 Å². The van der Waals surface area contributed by atoms with Crippen molar-refractivity contribution in [1.29, 1.82) is 0 Å². The van der Waals surface area contributed by atoms with E-state index in [-0.39, 0.29) is 66.0 Å². The van der Waals surface area contributed by atoms with Crippen molar-refractivity contribution in [1.82, 2.24) is 10.2 Å². The minimum absolute atomic E-state index is 0.0237. The van der Waals surface area contributed by atoms with Gasteiger partial charge in [-0.25, -0.2) is 0 Å². The van der Waals surface area contributed by atoms with Gasteiger partial charge in [0.2, 0.25) is 11.7 Å². The van der Waals surface area contributed by atoms with Gasteiger partial charge in [0.05, 0.1) is 19.6 Å². The predicted molar refractivity (Wildman–Crippen MR) is 196 cm³/mol. The molecule has 4 aliphatic carbocycles. The van der Waals surface area contributed by atoms with Crippen LogP contribution in [0.1, 0.15) is 104 Å². The van der Waals surface area contributed by atoms with E-state index in [9.17, 15) is 29.4 Å². The van der Waals surface area contributed by atoms with Crippen LogP contribution in [0.3, 0.4) is 0 Å². The number of aliphatic hydroxyl groups is 2.